The zero-order valence-corrected chi connectivity index (χ0v) is 11.1. The second-order valence-corrected chi connectivity index (χ2v) is 6.04. The molecule has 0 saturated carbocycles. The smallest absolute Gasteiger partial charge is 0.151 e. The summed E-state index contributed by atoms with van der Waals surface area (Å²) < 4.78 is 5.21. The van der Waals surface area contributed by atoms with E-state index < -0.39 is 0 Å². The van der Waals surface area contributed by atoms with Crippen molar-refractivity contribution in [2.24, 2.45) is 5.92 Å². The van der Waals surface area contributed by atoms with Crippen LogP contribution in [-0.4, -0.2) is 55.5 Å². The molecule has 2 atom stereocenters. The maximum absolute atomic E-state index is 12.8. The highest BCUT2D eigenvalue weighted by Gasteiger charge is 2.56. The van der Waals surface area contributed by atoms with Gasteiger partial charge in [0.15, 0.2) is 5.78 Å². The van der Waals surface area contributed by atoms with Gasteiger partial charge in [-0.3, -0.25) is 14.6 Å². The molecule has 1 aromatic carbocycles. The summed E-state index contributed by atoms with van der Waals surface area (Å²) >= 11 is 0. The minimum absolute atomic E-state index is 0.207. The fourth-order valence-electron chi connectivity index (χ4n) is 4.07. The lowest BCUT2D eigenvalue weighted by molar-refractivity contribution is -0.153. The molecule has 4 aliphatic rings. The maximum atomic E-state index is 12.8. The Morgan fingerprint density at radius 1 is 1.16 bits per heavy atom. The van der Waals surface area contributed by atoms with Gasteiger partial charge in [0.2, 0.25) is 0 Å². The van der Waals surface area contributed by atoms with Crippen LogP contribution in [0.4, 0.5) is 0 Å². The number of piperidine rings is 2. The molecular formula is C15H18N2O2. The van der Waals surface area contributed by atoms with E-state index in [1.807, 2.05) is 12.1 Å². The van der Waals surface area contributed by atoms with Gasteiger partial charge in [0, 0.05) is 32.1 Å². The average Bonchev–Trinajstić information content (AvgIpc) is 2.44. The van der Waals surface area contributed by atoms with Crippen LogP contribution in [0.5, 0.6) is 5.75 Å². The van der Waals surface area contributed by atoms with Gasteiger partial charge in [0.25, 0.3) is 0 Å². The van der Waals surface area contributed by atoms with Crippen molar-refractivity contribution in [1.82, 2.24) is 9.80 Å². The number of hydrogen-bond donors (Lipinski definition) is 0. The van der Waals surface area contributed by atoms with Gasteiger partial charge in [-0.25, -0.2) is 0 Å². The number of rotatable bonds is 2. The molecule has 0 aromatic heterocycles. The Morgan fingerprint density at radius 2 is 1.79 bits per heavy atom. The Kier molecular flexibility index (Phi) is 2.29. The van der Waals surface area contributed by atoms with E-state index >= 15 is 0 Å². The molecule has 2 unspecified atom stereocenters. The number of ether oxygens (including phenoxy) is 1. The third kappa shape index (κ3) is 1.50. The topological polar surface area (TPSA) is 32.8 Å². The van der Waals surface area contributed by atoms with E-state index in [4.69, 9.17) is 4.74 Å². The Balaban J connectivity index is 1.77. The minimum Gasteiger partial charge on any atom is -0.497 e. The molecule has 0 amide bonds. The molecule has 4 fully saturated rings. The highest BCUT2D eigenvalue weighted by atomic mass is 16.5. The lowest BCUT2D eigenvalue weighted by atomic mass is 9.65. The van der Waals surface area contributed by atoms with Crippen molar-refractivity contribution < 1.29 is 9.53 Å². The zero-order valence-electron chi connectivity index (χ0n) is 11.1. The van der Waals surface area contributed by atoms with E-state index in [2.05, 4.69) is 21.9 Å². The second-order valence-electron chi connectivity index (χ2n) is 6.04. The number of hydrogen-bond acceptors (Lipinski definition) is 4. The van der Waals surface area contributed by atoms with Crippen molar-refractivity contribution >= 4 is 5.78 Å². The summed E-state index contributed by atoms with van der Waals surface area (Å²) in [6.45, 7) is 4.69. The van der Waals surface area contributed by atoms with Crippen molar-refractivity contribution in [1.29, 1.82) is 0 Å². The van der Waals surface area contributed by atoms with E-state index in [9.17, 15) is 4.79 Å². The van der Waals surface area contributed by atoms with E-state index in [-0.39, 0.29) is 11.3 Å². The number of carbonyl (C=O) groups is 1. The van der Waals surface area contributed by atoms with Crippen LogP contribution in [0.1, 0.15) is 5.56 Å². The van der Waals surface area contributed by atoms with Crippen LogP contribution in [0.25, 0.3) is 0 Å². The zero-order chi connectivity index (χ0) is 13.0. The molecule has 0 aliphatic carbocycles. The van der Waals surface area contributed by atoms with Gasteiger partial charge in [-0.1, -0.05) is 12.1 Å². The highest BCUT2D eigenvalue weighted by molar-refractivity contribution is 5.95. The molecule has 100 valence electrons. The Hall–Kier alpha value is -1.39. The van der Waals surface area contributed by atoms with Crippen LogP contribution in [0.15, 0.2) is 24.3 Å². The lowest BCUT2D eigenvalue weighted by Crippen LogP contribution is -2.73. The van der Waals surface area contributed by atoms with Crippen LogP contribution in [0.2, 0.25) is 0 Å². The van der Waals surface area contributed by atoms with Crippen molar-refractivity contribution in [3.63, 3.8) is 0 Å². The summed E-state index contributed by atoms with van der Waals surface area (Å²) in [6.07, 6.45) is 0. The molecule has 4 heterocycles. The van der Waals surface area contributed by atoms with Gasteiger partial charge < -0.3 is 4.74 Å². The summed E-state index contributed by atoms with van der Waals surface area (Å²) in [5.74, 6) is 1.50. The Morgan fingerprint density at radius 3 is 2.37 bits per heavy atom. The van der Waals surface area contributed by atoms with E-state index in [0.717, 1.165) is 44.2 Å². The summed E-state index contributed by atoms with van der Waals surface area (Å²) in [7, 11) is 1.67. The molecule has 4 nitrogen and oxygen atoms in total. The Bertz CT molecular complexity index is 511. The average molecular weight is 258 g/mol. The first kappa shape index (κ1) is 11.4. The number of methoxy groups -OCH3 is 1. The van der Waals surface area contributed by atoms with Crippen molar-refractivity contribution in [3.8, 4) is 5.75 Å². The van der Waals surface area contributed by atoms with Crippen LogP contribution in [0.3, 0.4) is 0 Å². The van der Waals surface area contributed by atoms with Gasteiger partial charge in [-0.05, 0) is 17.7 Å². The monoisotopic (exact) mass is 258 g/mol. The number of Topliss-reactive ketones (excluding diaryl/α,β-unsaturated/α-hetero) is 1. The Labute approximate surface area is 112 Å². The fraction of sp³-hybridized carbons (Fsp3) is 0.533. The van der Waals surface area contributed by atoms with Gasteiger partial charge >= 0.3 is 0 Å². The molecule has 19 heavy (non-hydrogen) atoms. The van der Waals surface area contributed by atoms with Gasteiger partial charge in [-0.15, -0.1) is 0 Å². The first-order valence-corrected chi connectivity index (χ1v) is 6.85. The lowest BCUT2D eigenvalue weighted by Gasteiger charge is -2.58. The quantitative estimate of drug-likeness (QED) is 0.782. The molecule has 4 saturated heterocycles. The molecule has 1 aromatic rings. The van der Waals surface area contributed by atoms with Gasteiger partial charge in [-0.2, -0.15) is 0 Å². The van der Waals surface area contributed by atoms with Crippen LogP contribution in [0, 0.1) is 5.92 Å². The number of nitrogens with zero attached hydrogens (tertiary/aromatic N) is 2. The highest BCUT2D eigenvalue weighted by Crippen LogP contribution is 2.42. The largest absolute Gasteiger partial charge is 0.497 e. The fourth-order valence-corrected chi connectivity index (χ4v) is 4.07. The number of ketones is 1. The second kappa shape index (κ2) is 3.81. The predicted octanol–water partition coefficient (Wildman–Crippen LogP) is 0.721. The van der Waals surface area contributed by atoms with E-state index in [1.54, 1.807) is 7.11 Å². The molecule has 0 N–H and O–H groups in total. The SMILES string of the molecule is COc1ccc(C23CN4CC(CN(C4)C2)C3=O)cc1. The molecular weight excluding hydrogens is 240 g/mol. The van der Waals surface area contributed by atoms with Crippen LogP contribution >= 0.6 is 0 Å². The van der Waals surface area contributed by atoms with Crippen molar-refractivity contribution in [2.45, 2.75) is 5.41 Å². The van der Waals surface area contributed by atoms with Crippen molar-refractivity contribution in [2.75, 3.05) is 40.0 Å². The summed E-state index contributed by atoms with van der Waals surface area (Å²) in [4.78, 5) is 17.6. The minimum atomic E-state index is -0.300. The molecule has 0 radical (unpaired) electrons. The van der Waals surface area contributed by atoms with Crippen LogP contribution in [-0.2, 0) is 10.2 Å². The molecule has 4 aliphatic heterocycles. The van der Waals surface area contributed by atoms with Gasteiger partial charge in [0.05, 0.1) is 19.2 Å². The van der Waals surface area contributed by atoms with Crippen molar-refractivity contribution in [3.05, 3.63) is 29.8 Å². The van der Waals surface area contributed by atoms with E-state index in [1.165, 1.54) is 0 Å². The normalized spacial score (nSPS) is 39.6. The molecule has 0 spiro atoms. The van der Waals surface area contributed by atoms with Crippen LogP contribution < -0.4 is 4.74 Å². The standard InChI is InChI=1S/C15H18N2O2/c1-19-13-4-2-12(3-5-13)15-8-16-6-11(14(15)18)7-17(9-15)10-16/h2-5,11H,6-10H2,1H3. The summed E-state index contributed by atoms with van der Waals surface area (Å²) in [5.41, 5.74) is 0.850. The maximum Gasteiger partial charge on any atom is 0.151 e. The molecule has 5 rings (SSSR count). The summed E-state index contributed by atoms with van der Waals surface area (Å²) in [6, 6.07) is 8.05. The number of benzene rings is 1. The third-order valence-corrected chi connectivity index (χ3v) is 4.83. The van der Waals surface area contributed by atoms with E-state index in [0.29, 0.717) is 5.78 Å². The first-order valence-electron chi connectivity index (χ1n) is 6.85. The third-order valence-electron chi connectivity index (χ3n) is 4.83. The predicted molar refractivity (Wildman–Crippen MR) is 71.2 cm³/mol. The number of carbonyl (C=O) groups excluding carboxylic acids is 1. The summed E-state index contributed by atoms with van der Waals surface area (Å²) in [5, 5.41) is 0. The molecule has 4 heteroatoms. The first-order chi connectivity index (χ1) is 9.21. The molecule has 4 bridgehead atoms. The van der Waals surface area contributed by atoms with Gasteiger partial charge in [0.1, 0.15) is 5.75 Å².